The van der Waals surface area contributed by atoms with Gasteiger partial charge < -0.3 is 5.32 Å². The zero-order valence-corrected chi connectivity index (χ0v) is 13.1. The lowest BCUT2D eigenvalue weighted by molar-refractivity contribution is -0.116. The fourth-order valence-electron chi connectivity index (χ4n) is 2.77. The van der Waals surface area contributed by atoms with Crippen molar-refractivity contribution in [3.05, 3.63) is 63.1 Å². The second-order valence-electron chi connectivity index (χ2n) is 5.35. The van der Waals surface area contributed by atoms with E-state index in [-0.39, 0.29) is 11.8 Å². The molecule has 20 heavy (non-hydrogen) atoms. The molecule has 0 unspecified atom stereocenters. The Morgan fingerprint density at radius 2 is 1.80 bits per heavy atom. The second kappa shape index (κ2) is 5.06. The van der Waals surface area contributed by atoms with E-state index in [9.17, 15) is 4.79 Å². The molecule has 0 fully saturated rings. The van der Waals surface area contributed by atoms with E-state index in [2.05, 4.69) is 53.3 Å². The molecule has 1 heterocycles. The Morgan fingerprint density at radius 3 is 2.55 bits per heavy atom. The molecule has 1 N–H and O–H groups in total. The molecule has 2 nitrogen and oxygen atoms in total. The first kappa shape index (κ1) is 13.4. The number of benzene rings is 2. The van der Waals surface area contributed by atoms with Crippen molar-refractivity contribution < 1.29 is 4.79 Å². The number of fused-ring (bicyclic) bond motifs is 1. The molecular weight excluding hydrogens is 314 g/mol. The van der Waals surface area contributed by atoms with Gasteiger partial charge in [-0.25, -0.2) is 0 Å². The monoisotopic (exact) mass is 329 g/mol. The van der Waals surface area contributed by atoms with Crippen LogP contribution in [0.15, 0.2) is 40.9 Å². The summed E-state index contributed by atoms with van der Waals surface area (Å²) in [4.78, 5) is 12.0. The zero-order chi connectivity index (χ0) is 14.3. The number of halogens is 1. The fourth-order valence-corrected chi connectivity index (χ4v) is 3.33. The highest BCUT2D eigenvalue weighted by atomic mass is 79.9. The van der Waals surface area contributed by atoms with E-state index in [1.54, 1.807) is 0 Å². The van der Waals surface area contributed by atoms with Gasteiger partial charge in [0, 0.05) is 22.5 Å². The van der Waals surface area contributed by atoms with E-state index < -0.39 is 0 Å². The molecule has 0 saturated carbocycles. The van der Waals surface area contributed by atoms with Crippen LogP contribution < -0.4 is 5.32 Å². The number of hydrogen-bond acceptors (Lipinski definition) is 1. The Balaban J connectivity index is 2.17. The third kappa shape index (κ3) is 2.27. The largest absolute Gasteiger partial charge is 0.326 e. The highest BCUT2D eigenvalue weighted by molar-refractivity contribution is 9.10. The maximum atomic E-state index is 12.0. The number of carbonyl (C=O) groups excluding carboxylic acids is 1. The minimum absolute atomic E-state index is 0.0847. The molecule has 3 heteroatoms. The van der Waals surface area contributed by atoms with Crippen molar-refractivity contribution in [2.45, 2.75) is 26.2 Å². The van der Waals surface area contributed by atoms with Crippen molar-refractivity contribution >= 4 is 27.5 Å². The van der Waals surface area contributed by atoms with Gasteiger partial charge in [0.25, 0.3) is 0 Å². The lowest BCUT2D eigenvalue weighted by Crippen LogP contribution is -2.24. The van der Waals surface area contributed by atoms with Gasteiger partial charge in [0.1, 0.15) is 0 Å². The molecule has 0 aromatic heterocycles. The van der Waals surface area contributed by atoms with Gasteiger partial charge in [0.15, 0.2) is 0 Å². The molecule has 0 saturated heterocycles. The third-order valence-electron chi connectivity index (χ3n) is 3.99. The minimum atomic E-state index is 0.0847. The lowest BCUT2D eigenvalue weighted by Gasteiger charge is -2.27. The molecule has 0 spiro atoms. The number of hydrogen-bond donors (Lipinski definition) is 1. The summed E-state index contributed by atoms with van der Waals surface area (Å²) in [6.07, 6.45) is 0.498. The quantitative estimate of drug-likeness (QED) is 0.817. The summed E-state index contributed by atoms with van der Waals surface area (Å²) in [5.41, 5.74) is 5.80. The van der Waals surface area contributed by atoms with E-state index in [0.29, 0.717) is 6.42 Å². The summed E-state index contributed by atoms with van der Waals surface area (Å²) in [5, 5.41) is 2.99. The van der Waals surface area contributed by atoms with Crippen molar-refractivity contribution in [3.8, 4) is 0 Å². The van der Waals surface area contributed by atoms with Gasteiger partial charge in [-0.3, -0.25) is 4.79 Å². The number of anilines is 1. The predicted octanol–water partition coefficient (Wildman–Crippen LogP) is 4.54. The highest BCUT2D eigenvalue weighted by Gasteiger charge is 2.28. The summed E-state index contributed by atoms with van der Waals surface area (Å²) in [6.45, 7) is 4.19. The summed E-state index contributed by atoms with van der Waals surface area (Å²) in [7, 11) is 0. The number of carbonyl (C=O) groups is 1. The summed E-state index contributed by atoms with van der Waals surface area (Å²) in [5.74, 6) is 0.204. The first-order chi connectivity index (χ1) is 9.56. The molecule has 2 aromatic carbocycles. The Kier molecular flexibility index (Phi) is 3.38. The third-order valence-corrected chi connectivity index (χ3v) is 4.71. The summed E-state index contributed by atoms with van der Waals surface area (Å²) in [6, 6.07) is 12.4. The molecule has 1 amide bonds. The molecule has 0 radical (unpaired) electrons. The normalized spacial score (nSPS) is 17.6. The highest BCUT2D eigenvalue weighted by Crippen LogP contribution is 2.40. The van der Waals surface area contributed by atoms with Gasteiger partial charge in [-0.2, -0.15) is 0 Å². The Labute approximate surface area is 127 Å². The molecule has 0 bridgehead atoms. The average Bonchev–Trinajstić information content (AvgIpc) is 2.41. The van der Waals surface area contributed by atoms with E-state index in [1.165, 1.54) is 22.3 Å². The van der Waals surface area contributed by atoms with Crippen LogP contribution >= 0.6 is 15.9 Å². The molecule has 1 atom stereocenters. The molecular formula is C17H16BrNO. The minimum Gasteiger partial charge on any atom is -0.326 e. The van der Waals surface area contributed by atoms with Crippen molar-refractivity contribution in [1.82, 2.24) is 0 Å². The van der Waals surface area contributed by atoms with Crippen molar-refractivity contribution in [1.29, 1.82) is 0 Å². The van der Waals surface area contributed by atoms with Crippen LogP contribution in [0.5, 0.6) is 0 Å². The Bertz CT molecular complexity index is 693. The molecule has 0 aliphatic carbocycles. The Morgan fingerprint density at radius 1 is 1.10 bits per heavy atom. The SMILES string of the molecule is Cc1cc2c(cc1C)[C@@H](c1ccccc1Br)CC(=O)N2. The van der Waals surface area contributed by atoms with Crippen LogP contribution in [-0.2, 0) is 4.79 Å². The molecule has 3 rings (SSSR count). The zero-order valence-electron chi connectivity index (χ0n) is 11.5. The van der Waals surface area contributed by atoms with E-state index in [0.717, 1.165) is 10.2 Å². The molecule has 1 aliphatic rings. The molecule has 102 valence electrons. The first-order valence-corrected chi connectivity index (χ1v) is 7.51. The van der Waals surface area contributed by atoms with Crippen LogP contribution in [-0.4, -0.2) is 5.91 Å². The summed E-state index contributed by atoms with van der Waals surface area (Å²) < 4.78 is 1.06. The number of rotatable bonds is 1. The van der Waals surface area contributed by atoms with E-state index in [1.807, 2.05) is 18.2 Å². The Hall–Kier alpha value is -1.61. The van der Waals surface area contributed by atoms with Gasteiger partial charge in [0.05, 0.1) is 0 Å². The second-order valence-corrected chi connectivity index (χ2v) is 6.20. The van der Waals surface area contributed by atoms with Crippen molar-refractivity contribution in [3.63, 3.8) is 0 Å². The van der Waals surface area contributed by atoms with Crippen LogP contribution in [0.3, 0.4) is 0 Å². The summed E-state index contributed by atoms with van der Waals surface area (Å²) >= 11 is 3.60. The average molecular weight is 330 g/mol. The number of nitrogens with one attached hydrogen (secondary N) is 1. The van der Waals surface area contributed by atoms with Gasteiger partial charge in [-0.05, 0) is 48.2 Å². The topological polar surface area (TPSA) is 29.1 Å². The van der Waals surface area contributed by atoms with Gasteiger partial charge in [0.2, 0.25) is 5.91 Å². The maximum Gasteiger partial charge on any atom is 0.225 e. The fraction of sp³-hybridized carbons (Fsp3) is 0.235. The predicted molar refractivity (Wildman–Crippen MR) is 85.1 cm³/mol. The van der Waals surface area contributed by atoms with Crippen LogP contribution in [0.4, 0.5) is 5.69 Å². The van der Waals surface area contributed by atoms with Gasteiger partial charge in [-0.1, -0.05) is 40.2 Å². The van der Waals surface area contributed by atoms with Gasteiger partial charge >= 0.3 is 0 Å². The molecule has 1 aliphatic heterocycles. The van der Waals surface area contributed by atoms with Gasteiger partial charge in [-0.15, -0.1) is 0 Å². The number of amides is 1. The number of aryl methyl sites for hydroxylation is 2. The van der Waals surface area contributed by atoms with Crippen LogP contribution in [0, 0.1) is 13.8 Å². The van der Waals surface area contributed by atoms with Crippen LogP contribution in [0.25, 0.3) is 0 Å². The molecule has 2 aromatic rings. The van der Waals surface area contributed by atoms with Crippen molar-refractivity contribution in [2.24, 2.45) is 0 Å². The van der Waals surface area contributed by atoms with Crippen LogP contribution in [0.1, 0.15) is 34.6 Å². The van der Waals surface area contributed by atoms with Crippen LogP contribution in [0.2, 0.25) is 0 Å². The van der Waals surface area contributed by atoms with E-state index in [4.69, 9.17) is 0 Å². The standard InChI is InChI=1S/C17H16BrNO/c1-10-7-14-13(12-5-3-4-6-15(12)18)9-17(20)19-16(14)8-11(10)2/h3-8,13H,9H2,1-2H3,(H,19,20)/t13-/m1/s1. The smallest absolute Gasteiger partial charge is 0.225 e. The lowest BCUT2D eigenvalue weighted by atomic mass is 9.83. The maximum absolute atomic E-state index is 12.0. The van der Waals surface area contributed by atoms with Crippen molar-refractivity contribution in [2.75, 3.05) is 5.32 Å². The van der Waals surface area contributed by atoms with E-state index >= 15 is 0 Å². The first-order valence-electron chi connectivity index (χ1n) is 6.71.